The van der Waals surface area contributed by atoms with Gasteiger partial charge in [0, 0.05) is 4.43 Å². The van der Waals surface area contributed by atoms with Crippen LogP contribution in [0, 0.1) is 0 Å². The van der Waals surface area contributed by atoms with Crippen LogP contribution in [0.1, 0.15) is 5.56 Å². The van der Waals surface area contributed by atoms with Crippen LogP contribution in [0.4, 0.5) is 0 Å². The van der Waals surface area contributed by atoms with E-state index in [1.807, 2.05) is 12.1 Å². The summed E-state index contributed by atoms with van der Waals surface area (Å²) < 4.78 is 1.68. The van der Waals surface area contributed by atoms with Crippen molar-refractivity contribution < 1.29 is 5.11 Å². The number of alkyl halides is 1. The van der Waals surface area contributed by atoms with E-state index >= 15 is 0 Å². The predicted octanol–water partition coefficient (Wildman–Crippen LogP) is 3.09. The molecule has 0 saturated carbocycles. The Bertz CT molecular complexity index is 237. The first kappa shape index (κ1) is 8.33. The van der Waals surface area contributed by atoms with E-state index in [9.17, 15) is 5.11 Å². The molecule has 0 heterocycles. The Morgan fingerprint density at radius 3 is 2.70 bits per heavy atom. The quantitative estimate of drug-likeness (QED) is 0.624. The zero-order valence-electron chi connectivity index (χ0n) is 5.14. The molecule has 0 aliphatic rings. The largest absolute Gasteiger partial charge is 0.507 e. The summed E-state index contributed by atoms with van der Waals surface area (Å²) in [5.41, 5.74) is 1.14. The highest BCUT2D eigenvalue weighted by Crippen LogP contribution is 2.24. The summed E-state index contributed by atoms with van der Waals surface area (Å²) in [5.74, 6) is 0.314. The second-order valence-corrected chi connectivity index (χ2v) is 3.54. The topological polar surface area (TPSA) is 20.2 Å². The van der Waals surface area contributed by atoms with Gasteiger partial charge in [-0.15, -0.1) is 0 Å². The minimum atomic E-state index is 0.314. The molecule has 1 aromatic carbocycles. The number of phenols is 1. The Morgan fingerprint density at radius 1 is 1.50 bits per heavy atom. The summed E-state index contributed by atoms with van der Waals surface area (Å²) in [5, 5.41) is 9.18. The highest BCUT2D eigenvalue weighted by Gasteiger charge is 1.96. The molecule has 0 aliphatic heterocycles. The molecule has 54 valence electrons. The van der Waals surface area contributed by atoms with Crippen LogP contribution in [0.15, 0.2) is 22.7 Å². The molecule has 0 amide bonds. The van der Waals surface area contributed by atoms with Gasteiger partial charge in [-0.05, 0) is 33.6 Å². The Balaban J connectivity index is 3.04. The molecule has 3 heteroatoms. The third-order valence-corrected chi connectivity index (χ3v) is 2.72. The molecular weight excluding hydrogens is 307 g/mol. The maximum atomic E-state index is 9.18. The van der Waals surface area contributed by atoms with E-state index in [2.05, 4.69) is 38.5 Å². The minimum Gasteiger partial charge on any atom is -0.507 e. The molecule has 1 rings (SSSR count). The van der Waals surface area contributed by atoms with E-state index in [0.717, 1.165) is 14.5 Å². The minimum absolute atomic E-state index is 0.314. The van der Waals surface area contributed by atoms with E-state index in [1.165, 1.54) is 0 Å². The van der Waals surface area contributed by atoms with E-state index in [4.69, 9.17) is 0 Å². The average molecular weight is 313 g/mol. The SMILES string of the molecule is Oc1cc(CI)ccc1Br. The van der Waals surface area contributed by atoms with Gasteiger partial charge in [-0.1, -0.05) is 28.7 Å². The summed E-state index contributed by atoms with van der Waals surface area (Å²) in [6, 6.07) is 5.59. The number of halogens is 2. The first-order valence-electron chi connectivity index (χ1n) is 2.77. The molecular formula is C7H6BrIO. The summed E-state index contributed by atoms with van der Waals surface area (Å²) in [6.45, 7) is 0. The summed E-state index contributed by atoms with van der Waals surface area (Å²) >= 11 is 5.46. The van der Waals surface area contributed by atoms with E-state index < -0.39 is 0 Å². The number of benzene rings is 1. The molecule has 1 aromatic rings. The smallest absolute Gasteiger partial charge is 0.130 e. The van der Waals surface area contributed by atoms with Crippen LogP contribution in [0.25, 0.3) is 0 Å². The maximum absolute atomic E-state index is 9.18. The second kappa shape index (κ2) is 3.57. The van der Waals surface area contributed by atoms with Crippen molar-refractivity contribution in [1.82, 2.24) is 0 Å². The molecule has 0 saturated heterocycles. The van der Waals surface area contributed by atoms with Gasteiger partial charge in [0.2, 0.25) is 0 Å². The van der Waals surface area contributed by atoms with Crippen LogP contribution in [-0.4, -0.2) is 5.11 Å². The molecule has 1 nitrogen and oxygen atoms in total. The fraction of sp³-hybridized carbons (Fsp3) is 0.143. The van der Waals surface area contributed by atoms with Crippen molar-refractivity contribution in [2.24, 2.45) is 0 Å². The summed E-state index contributed by atoms with van der Waals surface area (Å²) in [7, 11) is 0. The highest BCUT2D eigenvalue weighted by atomic mass is 127. The van der Waals surface area contributed by atoms with Crippen LogP contribution in [-0.2, 0) is 4.43 Å². The molecule has 0 bridgehead atoms. The van der Waals surface area contributed by atoms with Crippen molar-refractivity contribution in [3.8, 4) is 5.75 Å². The Hall–Kier alpha value is 0.230. The van der Waals surface area contributed by atoms with Gasteiger partial charge in [-0.3, -0.25) is 0 Å². The fourth-order valence-electron chi connectivity index (χ4n) is 0.641. The van der Waals surface area contributed by atoms with Gasteiger partial charge in [0.15, 0.2) is 0 Å². The van der Waals surface area contributed by atoms with Gasteiger partial charge in [-0.25, -0.2) is 0 Å². The Labute approximate surface area is 81.7 Å². The van der Waals surface area contributed by atoms with Crippen LogP contribution in [0.2, 0.25) is 0 Å². The van der Waals surface area contributed by atoms with Crippen LogP contribution >= 0.6 is 38.5 Å². The predicted molar refractivity (Wildman–Crippen MR) is 53.5 cm³/mol. The zero-order valence-corrected chi connectivity index (χ0v) is 8.89. The number of rotatable bonds is 1. The van der Waals surface area contributed by atoms with Gasteiger partial charge in [-0.2, -0.15) is 0 Å². The summed E-state index contributed by atoms with van der Waals surface area (Å²) in [4.78, 5) is 0. The van der Waals surface area contributed by atoms with Gasteiger partial charge >= 0.3 is 0 Å². The standard InChI is InChI=1S/C7H6BrIO/c8-6-2-1-5(4-9)3-7(6)10/h1-3,10H,4H2. The third kappa shape index (κ3) is 1.85. The molecule has 1 N–H and O–H groups in total. The lowest BCUT2D eigenvalue weighted by atomic mass is 10.2. The van der Waals surface area contributed by atoms with Crippen molar-refractivity contribution in [3.63, 3.8) is 0 Å². The Morgan fingerprint density at radius 2 is 2.20 bits per heavy atom. The van der Waals surface area contributed by atoms with Crippen LogP contribution < -0.4 is 0 Å². The number of hydrogen-bond acceptors (Lipinski definition) is 1. The lowest BCUT2D eigenvalue weighted by Gasteiger charge is -1.97. The van der Waals surface area contributed by atoms with Crippen molar-refractivity contribution >= 4 is 38.5 Å². The van der Waals surface area contributed by atoms with Crippen molar-refractivity contribution in [2.45, 2.75) is 4.43 Å². The number of hydrogen-bond donors (Lipinski definition) is 1. The molecule has 0 atom stereocenters. The van der Waals surface area contributed by atoms with Crippen molar-refractivity contribution in [2.75, 3.05) is 0 Å². The summed E-state index contributed by atoms with van der Waals surface area (Å²) in [6.07, 6.45) is 0. The zero-order chi connectivity index (χ0) is 7.56. The molecule has 10 heavy (non-hydrogen) atoms. The van der Waals surface area contributed by atoms with Gasteiger partial charge in [0.25, 0.3) is 0 Å². The second-order valence-electron chi connectivity index (χ2n) is 1.92. The monoisotopic (exact) mass is 312 g/mol. The first-order valence-corrected chi connectivity index (χ1v) is 5.09. The molecule has 0 aliphatic carbocycles. The molecule has 0 spiro atoms. The maximum Gasteiger partial charge on any atom is 0.130 e. The van der Waals surface area contributed by atoms with Crippen molar-refractivity contribution in [1.29, 1.82) is 0 Å². The van der Waals surface area contributed by atoms with Gasteiger partial charge in [0.1, 0.15) is 5.75 Å². The van der Waals surface area contributed by atoms with E-state index in [1.54, 1.807) is 6.07 Å². The van der Waals surface area contributed by atoms with E-state index in [-0.39, 0.29) is 0 Å². The van der Waals surface area contributed by atoms with E-state index in [0.29, 0.717) is 5.75 Å². The van der Waals surface area contributed by atoms with Crippen LogP contribution in [0.5, 0.6) is 5.75 Å². The fourth-order valence-corrected chi connectivity index (χ4v) is 1.36. The third-order valence-electron chi connectivity index (χ3n) is 1.16. The number of phenolic OH excluding ortho intramolecular Hbond substituents is 1. The molecule has 0 fully saturated rings. The van der Waals surface area contributed by atoms with Gasteiger partial charge < -0.3 is 5.11 Å². The lowest BCUT2D eigenvalue weighted by Crippen LogP contribution is -1.75. The molecule has 0 unspecified atom stereocenters. The normalized spacial score (nSPS) is 9.80. The lowest BCUT2D eigenvalue weighted by molar-refractivity contribution is 0.471. The molecule has 0 radical (unpaired) electrons. The average Bonchev–Trinajstić information content (AvgIpc) is 1.95. The number of aromatic hydroxyl groups is 1. The van der Waals surface area contributed by atoms with Crippen LogP contribution in [0.3, 0.4) is 0 Å². The van der Waals surface area contributed by atoms with Crippen molar-refractivity contribution in [3.05, 3.63) is 28.2 Å². The van der Waals surface area contributed by atoms with Gasteiger partial charge in [0.05, 0.1) is 4.47 Å². The Kier molecular flexibility index (Phi) is 2.97. The first-order chi connectivity index (χ1) is 4.74. The molecule has 0 aromatic heterocycles. The highest BCUT2D eigenvalue weighted by molar-refractivity contribution is 14.1.